The third-order valence-electron chi connectivity index (χ3n) is 6.11. The van der Waals surface area contributed by atoms with Gasteiger partial charge in [-0.1, -0.05) is 36.8 Å². The minimum atomic E-state index is -0.485. The van der Waals surface area contributed by atoms with Crippen LogP contribution in [0.25, 0.3) is 0 Å². The van der Waals surface area contributed by atoms with Crippen LogP contribution in [0.1, 0.15) is 44.6 Å². The van der Waals surface area contributed by atoms with Gasteiger partial charge >= 0.3 is 5.97 Å². The molecule has 4 heteroatoms. The van der Waals surface area contributed by atoms with Crippen molar-refractivity contribution in [1.82, 2.24) is 0 Å². The lowest BCUT2D eigenvalue weighted by Gasteiger charge is -2.43. The average molecular weight is 443 g/mol. The summed E-state index contributed by atoms with van der Waals surface area (Å²) in [6, 6.07) is 10.2. The number of carbonyl (C=O) groups excluding carboxylic acids is 1. The summed E-state index contributed by atoms with van der Waals surface area (Å²) in [5, 5.41) is 0. The Balaban J connectivity index is 0.00000208. The van der Waals surface area contributed by atoms with E-state index in [-0.39, 0.29) is 36.0 Å². The number of nitrogens with zero attached hydrogens (tertiary/aromatic N) is 1. The molecule has 0 bridgehead atoms. The normalized spacial score (nSPS) is 23.5. The fourth-order valence-electron chi connectivity index (χ4n) is 3.92. The van der Waals surface area contributed by atoms with E-state index in [4.69, 9.17) is 4.74 Å². The number of carbonyl (C=O) groups is 1. The van der Waals surface area contributed by atoms with Gasteiger partial charge in [0.15, 0.2) is 0 Å². The maximum atomic E-state index is 13.1. The Bertz CT molecular complexity index is 546. The molecule has 0 radical (unpaired) electrons. The first-order valence-electron chi connectivity index (χ1n) is 9.00. The zero-order valence-corrected chi connectivity index (χ0v) is 17.3. The molecule has 0 N–H and O–H groups in total. The molecular weight excluding hydrogens is 413 g/mol. The van der Waals surface area contributed by atoms with Gasteiger partial charge in [-0.3, -0.25) is 4.79 Å². The first kappa shape index (κ1) is 19.7. The zero-order valence-electron chi connectivity index (χ0n) is 15.1. The summed E-state index contributed by atoms with van der Waals surface area (Å²) in [4.78, 5) is 13.1. The maximum absolute atomic E-state index is 13.1. The van der Waals surface area contributed by atoms with E-state index < -0.39 is 5.41 Å². The maximum Gasteiger partial charge on any atom is 0.316 e. The summed E-state index contributed by atoms with van der Waals surface area (Å²) >= 11 is 0. The van der Waals surface area contributed by atoms with Gasteiger partial charge in [-0.05, 0) is 31.2 Å². The summed E-state index contributed by atoms with van der Waals surface area (Å²) in [5.74, 6) is 0.416. The van der Waals surface area contributed by atoms with Crippen LogP contribution in [0.5, 0.6) is 0 Å². The van der Waals surface area contributed by atoms with Crippen LogP contribution >= 0.6 is 0 Å². The van der Waals surface area contributed by atoms with E-state index in [0.717, 1.165) is 48.8 Å². The minimum Gasteiger partial charge on any atom is -1.00 e. The minimum absolute atomic E-state index is 0. The Labute approximate surface area is 163 Å². The van der Waals surface area contributed by atoms with Crippen LogP contribution in [0.3, 0.4) is 0 Å². The Morgan fingerprint density at radius 2 is 1.67 bits per heavy atom. The van der Waals surface area contributed by atoms with Gasteiger partial charge in [0, 0.05) is 12.8 Å². The van der Waals surface area contributed by atoms with E-state index in [1.54, 1.807) is 0 Å². The highest BCUT2D eigenvalue weighted by molar-refractivity contribution is 5.83. The number of piperidine rings is 1. The van der Waals surface area contributed by atoms with E-state index >= 15 is 0 Å². The molecule has 1 aromatic carbocycles. The molecule has 134 valence electrons. The van der Waals surface area contributed by atoms with Crippen molar-refractivity contribution >= 4 is 5.97 Å². The lowest BCUT2D eigenvalue weighted by molar-refractivity contribution is -0.896. The number of halogens is 1. The second kappa shape index (κ2) is 7.73. The topological polar surface area (TPSA) is 26.3 Å². The number of quaternary nitrogens is 1. The molecule has 1 saturated carbocycles. The molecule has 1 aliphatic carbocycles. The highest BCUT2D eigenvalue weighted by Crippen LogP contribution is 2.45. The largest absolute Gasteiger partial charge is 1.00 e. The number of ether oxygens (including phenoxy) is 1. The van der Waals surface area contributed by atoms with Gasteiger partial charge in [-0.25, -0.2) is 0 Å². The molecule has 0 spiro atoms. The van der Waals surface area contributed by atoms with Crippen LogP contribution in [-0.4, -0.2) is 43.7 Å². The van der Waals surface area contributed by atoms with Gasteiger partial charge in [0.25, 0.3) is 0 Å². The lowest BCUT2D eigenvalue weighted by Crippen LogP contribution is -3.00. The molecule has 0 amide bonds. The molecule has 3 nitrogen and oxygen atoms in total. The fourth-order valence-corrected chi connectivity index (χ4v) is 3.92. The molecule has 2 fully saturated rings. The molecule has 24 heavy (non-hydrogen) atoms. The van der Waals surface area contributed by atoms with E-state index in [2.05, 4.69) is 33.2 Å². The third-order valence-corrected chi connectivity index (χ3v) is 6.11. The Kier molecular flexibility index (Phi) is 6.35. The van der Waals surface area contributed by atoms with Crippen molar-refractivity contribution in [2.24, 2.45) is 5.92 Å². The summed E-state index contributed by atoms with van der Waals surface area (Å²) in [6.45, 7) is 4.27. The SMILES string of the molecule is CC(C(=O)OC1CC[N+](C)(C)CC1)(c1ccccc1)C1CCC1.[I-]. The third kappa shape index (κ3) is 3.96. The molecular formula is C20H30INO2. The first-order valence-corrected chi connectivity index (χ1v) is 9.00. The summed E-state index contributed by atoms with van der Waals surface area (Å²) in [5.41, 5.74) is 0.628. The number of hydrogen-bond acceptors (Lipinski definition) is 2. The van der Waals surface area contributed by atoms with Gasteiger partial charge in [0.1, 0.15) is 6.10 Å². The van der Waals surface area contributed by atoms with E-state index in [0.29, 0.717) is 5.92 Å². The van der Waals surface area contributed by atoms with E-state index in [1.807, 2.05) is 18.2 Å². The van der Waals surface area contributed by atoms with Crippen molar-refractivity contribution in [1.29, 1.82) is 0 Å². The summed E-state index contributed by atoms with van der Waals surface area (Å²) in [6.07, 6.45) is 5.55. The fraction of sp³-hybridized carbons (Fsp3) is 0.650. The smallest absolute Gasteiger partial charge is 0.316 e. The number of esters is 1. The number of hydrogen-bond donors (Lipinski definition) is 0. The summed E-state index contributed by atoms with van der Waals surface area (Å²) in [7, 11) is 4.50. The van der Waals surface area contributed by atoms with Crippen LogP contribution in [0.15, 0.2) is 30.3 Å². The Morgan fingerprint density at radius 3 is 2.17 bits per heavy atom. The van der Waals surface area contributed by atoms with Crippen LogP contribution in [0.2, 0.25) is 0 Å². The van der Waals surface area contributed by atoms with Crippen LogP contribution in [0, 0.1) is 5.92 Å². The molecule has 1 unspecified atom stereocenters. The molecule has 1 heterocycles. The predicted octanol–water partition coefficient (Wildman–Crippen LogP) is 0.530. The van der Waals surface area contributed by atoms with Crippen molar-refractivity contribution in [2.75, 3.05) is 27.2 Å². The standard InChI is InChI=1S/C20H30NO2.HI/c1-20(17-10-7-11-17,16-8-5-4-6-9-16)19(22)23-18-12-14-21(2,3)15-13-18;/h4-6,8-9,17-18H,7,10-15H2,1-3H3;1H/q+1;/p-1. The average Bonchev–Trinajstić information content (AvgIpc) is 2.48. The summed E-state index contributed by atoms with van der Waals surface area (Å²) < 4.78 is 7.05. The van der Waals surface area contributed by atoms with Crippen molar-refractivity contribution in [3.05, 3.63) is 35.9 Å². The molecule has 1 aliphatic heterocycles. The van der Waals surface area contributed by atoms with Crippen LogP contribution < -0.4 is 24.0 Å². The highest BCUT2D eigenvalue weighted by Gasteiger charge is 2.47. The molecule has 2 aliphatic rings. The van der Waals surface area contributed by atoms with Crippen molar-refractivity contribution < 1.29 is 38.0 Å². The molecule has 1 aromatic rings. The molecule has 1 atom stereocenters. The first-order chi connectivity index (χ1) is 10.9. The van der Waals surface area contributed by atoms with E-state index in [9.17, 15) is 4.79 Å². The van der Waals surface area contributed by atoms with Gasteiger partial charge in [-0.15, -0.1) is 0 Å². The van der Waals surface area contributed by atoms with Crippen LogP contribution in [0.4, 0.5) is 0 Å². The van der Waals surface area contributed by atoms with E-state index in [1.165, 1.54) is 6.42 Å². The number of rotatable bonds is 4. The van der Waals surface area contributed by atoms with Gasteiger partial charge in [0.2, 0.25) is 0 Å². The second-order valence-electron chi connectivity index (χ2n) is 8.18. The van der Waals surface area contributed by atoms with Crippen molar-refractivity contribution in [3.63, 3.8) is 0 Å². The molecule has 0 aromatic heterocycles. The van der Waals surface area contributed by atoms with Gasteiger partial charge < -0.3 is 33.2 Å². The molecule has 1 saturated heterocycles. The zero-order chi connectivity index (χ0) is 16.5. The van der Waals surface area contributed by atoms with Crippen molar-refractivity contribution in [3.8, 4) is 0 Å². The monoisotopic (exact) mass is 443 g/mol. The Morgan fingerprint density at radius 1 is 1.08 bits per heavy atom. The van der Waals surface area contributed by atoms with Crippen molar-refractivity contribution in [2.45, 2.75) is 50.5 Å². The highest BCUT2D eigenvalue weighted by atomic mass is 127. The Hall–Kier alpha value is -0.620. The van der Waals surface area contributed by atoms with Crippen LogP contribution in [-0.2, 0) is 14.9 Å². The second-order valence-corrected chi connectivity index (χ2v) is 8.18. The number of likely N-dealkylation sites (tertiary alicyclic amines) is 1. The lowest BCUT2D eigenvalue weighted by atomic mass is 9.63. The van der Waals surface area contributed by atoms with Gasteiger partial charge in [-0.2, -0.15) is 0 Å². The van der Waals surface area contributed by atoms with Gasteiger partial charge in [0.05, 0.1) is 32.6 Å². The quantitative estimate of drug-likeness (QED) is 0.386. The molecule has 3 rings (SSSR count). The predicted molar refractivity (Wildman–Crippen MR) is 92.1 cm³/mol. The number of benzene rings is 1.